The second-order valence-corrected chi connectivity index (χ2v) is 7.54. The van der Waals surface area contributed by atoms with Crippen molar-refractivity contribution in [1.82, 2.24) is 4.98 Å². The van der Waals surface area contributed by atoms with E-state index in [-0.39, 0.29) is 23.5 Å². The second kappa shape index (κ2) is 11.4. The molecule has 0 aliphatic rings. The number of carbonyl (C=O) groups excluding carboxylic acids is 2. The first kappa shape index (κ1) is 27.9. The van der Waals surface area contributed by atoms with Crippen LogP contribution < -0.4 is 16.8 Å². The molecule has 0 spiro atoms. The quantitative estimate of drug-likeness (QED) is 0.274. The molecule has 0 atom stereocenters. The predicted octanol–water partition coefficient (Wildman–Crippen LogP) is 4.20. The average molecular weight is 516 g/mol. The van der Waals surface area contributed by atoms with Crippen LogP contribution in [0.2, 0.25) is 0 Å². The summed E-state index contributed by atoms with van der Waals surface area (Å²) in [6, 6.07) is 12.6. The Hall–Kier alpha value is -4.36. The highest BCUT2D eigenvalue weighted by Crippen LogP contribution is 2.31. The van der Waals surface area contributed by atoms with Crippen molar-refractivity contribution in [3.8, 4) is 11.8 Å². The predicted molar refractivity (Wildman–Crippen MR) is 133 cm³/mol. The van der Waals surface area contributed by atoms with Gasteiger partial charge in [-0.05, 0) is 61.9 Å². The monoisotopic (exact) mass is 515 g/mol. The van der Waals surface area contributed by atoms with Crippen LogP contribution in [0.25, 0.3) is 0 Å². The number of hydrogen-bond acceptors (Lipinski definition) is 3. The van der Waals surface area contributed by atoms with Crippen LogP contribution in [0.3, 0.4) is 0 Å². The van der Waals surface area contributed by atoms with Crippen LogP contribution in [0.5, 0.6) is 0 Å². The van der Waals surface area contributed by atoms with Gasteiger partial charge in [-0.1, -0.05) is 24.0 Å². The molecule has 0 aliphatic carbocycles. The number of guanidine groups is 1. The average Bonchev–Trinajstić information content (AvgIpc) is 2.77. The number of halogens is 4. The maximum absolute atomic E-state index is 13.3. The Kier molecular flexibility index (Phi) is 8.81. The van der Waals surface area contributed by atoms with Crippen LogP contribution >= 0.6 is 12.4 Å². The highest BCUT2D eigenvalue weighted by Gasteiger charge is 2.31. The lowest BCUT2D eigenvalue weighted by atomic mass is 10.0. The zero-order chi connectivity index (χ0) is 25.8. The van der Waals surface area contributed by atoms with Crippen molar-refractivity contribution < 1.29 is 22.8 Å². The molecule has 186 valence electrons. The molecular formula is C25H21ClF3N5O2. The molecule has 0 radical (unpaired) electrons. The van der Waals surface area contributed by atoms with Gasteiger partial charge in [0.1, 0.15) is 5.82 Å². The zero-order valence-electron chi connectivity index (χ0n) is 19.1. The number of benzene rings is 2. The normalized spacial score (nSPS) is 10.4. The number of aryl methyl sites for hydroxylation is 2. The molecule has 36 heavy (non-hydrogen) atoms. The first-order valence-electron chi connectivity index (χ1n) is 10.2. The van der Waals surface area contributed by atoms with Gasteiger partial charge in [0.25, 0.3) is 11.8 Å². The Balaban J connectivity index is 0.00000456. The molecule has 0 aliphatic heterocycles. The van der Waals surface area contributed by atoms with Gasteiger partial charge in [-0.2, -0.15) is 18.2 Å². The summed E-state index contributed by atoms with van der Waals surface area (Å²) in [4.78, 5) is 32.3. The smallest absolute Gasteiger partial charge is 0.370 e. The molecule has 1 heterocycles. The lowest BCUT2D eigenvalue weighted by Crippen LogP contribution is -2.24. The van der Waals surface area contributed by atoms with Crippen molar-refractivity contribution in [3.63, 3.8) is 0 Å². The summed E-state index contributed by atoms with van der Waals surface area (Å²) < 4.78 is 40.0. The molecule has 2 amide bonds. The minimum atomic E-state index is -4.72. The summed E-state index contributed by atoms with van der Waals surface area (Å²) in [6.07, 6.45) is -4.72. The number of hydrogen-bond donors (Lipinski definition) is 3. The van der Waals surface area contributed by atoms with Gasteiger partial charge in [0.2, 0.25) is 0 Å². The third kappa shape index (κ3) is 7.32. The Labute approximate surface area is 211 Å². The molecule has 3 aromatic rings. The first-order valence-corrected chi connectivity index (χ1v) is 10.2. The minimum Gasteiger partial charge on any atom is -0.370 e. The first-order chi connectivity index (χ1) is 16.4. The summed E-state index contributed by atoms with van der Waals surface area (Å²) in [5, 5.41) is 2.71. The van der Waals surface area contributed by atoms with Crippen molar-refractivity contribution in [3.05, 3.63) is 93.7 Å². The van der Waals surface area contributed by atoms with Gasteiger partial charge < -0.3 is 16.8 Å². The molecule has 0 unspecified atom stereocenters. The third-order valence-electron chi connectivity index (χ3n) is 4.70. The van der Waals surface area contributed by atoms with Crippen LogP contribution in [-0.4, -0.2) is 22.8 Å². The molecule has 0 saturated carbocycles. The molecule has 2 aromatic carbocycles. The zero-order valence-corrected chi connectivity index (χ0v) is 19.9. The molecule has 7 nitrogen and oxygen atoms in total. The third-order valence-corrected chi connectivity index (χ3v) is 4.70. The number of nitrogens with one attached hydrogen (secondary N) is 1. The van der Waals surface area contributed by atoms with E-state index < -0.39 is 29.5 Å². The van der Waals surface area contributed by atoms with Gasteiger partial charge >= 0.3 is 6.18 Å². The van der Waals surface area contributed by atoms with Crippen LogP contribution in [0.15, 0.2) is 59.6 Å². The number of nitrogens with zero attached hydrogens (tertiary/aromatic N) is 2. The van der Waals surface area contributed by atoms with Crippen LogP contribution in [0.4, 0.5) is 19.0 Å². The number of alkyl halides is 3. The molecule has 0 fully saturated rings. The van der Waals surface area contributed by atoms with E-state index in [1.165, 1.54) is 6.07 Å². The maximum Gasteiger partial charge on any atom is 0.416 e. The molecule has 0 saturated heterocycles. The SMILES string of the molecule is Cc1cccc(NC(=O)c2cc(C#Cc3cc(C(=O)N=C(N)N)cc(C(F)(F)F)c3)ccc2C)n1.Cl. The molecule has 0 bridgehead atoms. The number of aliphatic imine (C=N–C) groups is 1. The van der Waals surface area contributed by atoms with Gasteiger partial charge in [0.05, 0.1) is 5.56 Å². The highest BCUT2D eigenvalue weighted by atomic mass is 35.5. The van der Waals surface area contributed by atoms with E-state index in [0.29, 0.717) is 28.6 Å². The van der Waals surface area contributed by atoms with E-state index in [0.717, 1.165) is 17.8 Å². The highest BCUT2D eigenvalue weighted by molar-refractivity contribution is 6.05. The van der Waals surface area contributed by atoms with Gasteiger partial charge in [-0.15, -0.1) is 12.4 Å². The number of aromatic nitrogens is 1. The van der Waals surface area contributed by atoms with Crippen molar-refractivity contribution in [1.29, 1.82) is 0 Å². The van der Waals surface area contributed by atoms with Crippen molar-refractivity contribution in [2.24, 2.45) is 16.5 Å². The summed E-state index contributed by atoms with van der Waals surface area (Å²) in [5.41, 5.74) is 10.9. The summed E-state index contributed by atoms with van der Waals surface area (Å²) in [6.45, 7) is 3.53. The van der Waals surface area contributed by atoms with Crippen molar-refractivity contribution >= 4 is 36.0 Å². The Bertz CT molecular complexity index is 1400. The topological polar surface area (TPSA) is 123 Å². The fourth-order valence-corrected chi connectivity index (χ4v) is 3.05. The summed E-state index contributed by atoms with van der Waals surface area (Å²) >= 11 is 0. The summed E-state index contributed by atoms with van der Waals surface area (Å²) in [5.74, 6) is 3.71. The fraction of sp³-hybridized carbons (Fsp3) is 0.120. The van der Waals surface area contributed by atoms with Gasteiger partial charge in [-0.3, -0.25) is 9.59 Å². The number of nitrogens with two attached hydrogens (primary N) is 2. The molecule has 11 heteroatoms. The van der Waals surface area contributed by atoms with E-state index in [9.17, 15) is 22.8 Å². The molecule has 5 N–H and O–H groups in total. The van der Waals surface area contributed by atoms with Crippen LogP contribution in [0, 0.1) is 25.7 Å². The van der Waals surface area contributed by atoms with Gasteiger partial charge in [-0.25, -0.2) is 4.98 Å². The van der Waals surface area contributed by atoms with E-state index in [1.54, 1.807) is 44.2 Å². The lowest BCUT2D eigenvalue weighted by molar-refractivity contribution is -0.137. The van der Waals surface area contributed by atoms with Gasteiger partial charge in [0.15, 0.2) is 5.96 Å². The van der Waals surface area contributed by atoms with E-state index in [1.807, 2.05) is 0 Å². The Morgan fingerprint density at radius 1 is 0.972 bits per heavy atom. The van der Waals surface area contributed by atoms with E-state index >= 15 is 0 Å². The van der Waals surface area contributed by atoms with E-state index in [2.05, 4.69) is 27.1 Å². The standard InChI is InChI=1S/C25H20F3N5O2.ClH/c1-14-6-7-16(12-20(14)23(35)32-21-5-3-4-15(2)31-21)8-9-17-10-18(22(34)33-24(29)30)13-19(11-17)25(26,27)28;/h3-7,10-13H,1-2H3,(H,31,32,35)(H4,29,30,33,34);1H. The number of pyridine rings is 1. The molecule has 3 rings (SSSR count). The van der Waals surface area contributed by atoms with Crippen LogP contribution in [0.1, 0.15) is 48.7 Å². The lowest BCUT2D eigenvalue weighted by Gasteiger charge is -2.09. The molecule has 1 aromatic heterocycles. The minimum absolute atomic E-state index is 0. The largest absolute Gasteiger partial charge is 0.416 e. The Morgan fingerprint density at radius 3 is 2.31 bits per heavy atom. The number of anilines is 1. The molecular weight excluding hydrogens is 495 g/mol. The van der Waals surface area contributed by atoms with Crippen molar-refractivity contribution in [2.45, 2.75) is 20.0 Å². The van der Waals surface area contributed by atoms with Gasteiger partial charge in [0, 0.05) is 27.9 Å². The van der Waals surface area contributed by atoms with Crippen LogP contribution in [-0.2, 0) is 6.18 Å². The van der Waals surface area contributed by atoms with Crippen molar-refractivity contribution in [2.75, 3.05) is 5.32 Å². The fourth-order valence-electron chi connectivity index (χ4n) is 3.05. The second-order valence-electron chi connectivity index (χ2n) is 7.54. The van der Waals surface area contributed by atoms with E-state index in [4.69, 9.17) is 11.5 Å². The number of rotatable bonds is 3. The Morgan fingerprint density at radius 2 is 1.67 bits per heavy atom. The number of carbonyl (C=O) groups is 2. The number of amides is 2. The summed E-state index contributed by atoms with van der Waals surface area (Å²) in [7, 11) is 0. The maximum atomic E-state index is 13.3.